The molecule has 1 aliphatic heterocycles. The summed E-state index contributed by atoms with van der Waals surface area (Å²) in [6, 6.07) is 6.21. The summed E-state index contributed by atoms with van der Waals surface area (Å²) >= 11 is 1.42. The van der Waals surface area contributed by atoms with Crippen LogP contribution >= 0.6 is 11.3 Å². The van der Waals surface area contributed by atoms with Crippen molar-refractivity contribution in [3.63, 3.8) is 0 Å². The summed E-state index contributed by atoms with van der Waals surface area (Å²) in [5.41, 5.74) is 1.49. The van der Waals surface area contributed by atoms with Crippen LogP contribution in [0.15, 0.2) is 46.8 Å². The maximum Gasteiger partial charge on any atom is 0.263 e. The van der Waals surface area contributed by atoms with Crippen molar-refractivity contribution in [1.29, 1.82) is 0 Å². The zero-order valence-corrected chi connectivity index (χ0v) is 17.7. The van der Waals surface area contributed by atoms with Crippen molar-refractivity contribution >= 4 is 23.2 Å². The first-order valence-electron chi connectivity index (χ1n) is 9.83. The Morgan fingerprint density at radius 1 is 1.29 bits per heavy atom. The predicted octanol–water partition coefficient (Wildman–Crippen LogP) is 2.04. The quantitative estimate of drug-likeness (QED) is 0.658. The smallest absolute Gasteiger partial charge is 0.263 e. The molecule has 0 bridgehead atoms. The van der Waals surface area contributed by atoms with Gasteiger partial charge in [0.25, 0.3) is 11.5 Å². The number of hydrogen-bond donors (Lipinski definition) is 1. The van der Waals surface area contributed by atoms with Crippen LogP contribution < -0.4 is 10.9 Å². The third-order valence-electron chi connectivity index (χ3n) is 5.33. The molecule has 0 saturated carbocycles. The molecule has 2 aromatic heterocycles. The molecule has 1 aromatic carbocycles. The third-order valence-corrected chi connectivity index (χ3v) is 6.11. The van der Waals surface area contributed by atoms with Crippen LogP contribution in [0.3, 0.4) is 0 Å². The largest absolute Gasteiger partial charge is 0.345 e. The van der Waals surface area contributed by atoms with Crippen LogP contribution in [0.1, 0.15) is 32.1 Å². The summed E-state index contributed by atoms with van der Waals surface area (Å²) in [5.74, 6) is -1.05. The third kappa shape index (κ3) is 4.41. The number of aromatic nitrogens is 2. The maximum absolute atomic E-state index is 13.9. The number of halogens is 1. The molecule has 0 aliphatic carbocycles. The number of benzene rings is 1. The number of amides is 2. The van der Waals surface area contributed by atoms with E-state index in [-0.39, 0.29) is 36.5 Å². The lowest BCUT2D eigenvalue weighted by Gasteiger charge is -2.30. The number of carbonyl (C=O) groups is 2. The molecule has 1 N–H and O–H groups in total. The van der Waals surface area contributed by atoms with Crippen LogP contribution in [-0.2, 0) is 37.8 Å². The highest BCUT2D eigenvalue weighted by atomic mass is 32.1. The van der Waals surface area contributed by atoms with E-state index in [0.717, 1.165) is 10.6 Å². The van der Waals surface area contributed by atoms with Crippen molar-refractivity contribution in [1.82, 2.24) is 19.8 Å². The molecule has 0 atom stereocenters. The number of hydrogen-bond acceptors (Lipinski definition) is 5. The highest BCUT2D eigenvalue weighted by molar-refractivity contribution is 7.09. The van der Waals surface area contributed by atoms with E-state index in [2.05, 4.69) is 10.3 Å². The number of nitrogens with zero attached hydrogens (tertiary/aromatic N) is 3. The molecule has 4 rings (SSSR count). The van der Waals surface area contributed by atoms with Crippen LogP contribution in [0.4, 0.5) is 4.39 Å². The Bertz CT molecular complexity index is 1190. The molecule has 3 aromatic rings. The van der Waals surface area contributed by atoms with Gasteiger partial charge in [0.1, 0.15) is 16.4 Å². The van der Waals surface area contributed by atoms with Gasteiger partial charge in [0.15, 0.2) is 0 Å². The van der Waals surface area contributed by atoms with Crippen LogP contribution in [0, 0.1) is 5.82 Å². The number of fused-ring (bicyclic) bond motifs is 1. The molecule has 1 aliphatic rings. The fraction of sp³-hybridized carbons (Fsp3) is 0.273. The second-order valence-corrected chi connectivity index (χ2v) is 8.35. The first-order chi connectivity index (χ1) is 14.9. The van der Waals surface area contributed by atoms with Gasteiger partial charge in [-0.3, -0.25) is 14.4 Å². The topological polar surface area (TPSA) is 84.3 Å². The Labute approximate surface area is 182 Å². The summed E-state index contributed by atoms with van der Waals surface area (Å²) in [6.07, 6.45) is 3.67. The number of nitrogens with one attached hydrogen (secondary N) is 1. The van der Waals surface area contributed by atoms with Crippen molar-refractivity contribution in [2.75, 3.05) is 6.54 Å². The summed E-state index contributed by atoms with van der Waals surface area (Å²) in [5, 5.41) is 5.33. The minimum atomic E-state index is -0.446. The van der Waals surface area contributed by atoms with E-state index < -0.39 is 11.7 Å². The fourth-order valence-electron chi connectivity index (χ4n) is 3.74. The molecule has 160 valence electrons. The molecular formula is C22H21FN4O3S. The Kier molecular flexibility index (Phi) is 5.94. The van der Waals surface area contributed by atoms with E-state index in [1.807, 2.05) is 5.38 Å². The second kappa shape index (κ2) is 8.81. The van der Waals surface area contributed by atoms with Gasteiger partial charge in [-0.25, -0.2) is 9.37 Å². The molecule has 0 unspecified atom stereocenters. The number of carbonyl (C=O) groups excluding carboxylic acids is 2. The lowest BCUT2D eigenvalue weighted by molar-refractivity contribution is -0.131. The minimum Gasteiger partial charge on any atom is -0.345 e. The summed E-state index contributed by atoms with van der Waals surface area (Å²) < 4.78 is 15.3. The minimum absolute atomic E-state index is 0.0328. The average Bonchev–Trinajstić information content (AvgIpc) is 3.28. The second-order valence-electron chi connectivity index (χ2n) is 7.37. The van der Waals surface area contributed by atoms with Crippen molar-refractivity contribution in [3.05, 3.63) is 85.5 Å². The van der Waals surface area contributed by atoms with Gasteiger partial charge in [-0.15, -0.1) is 11.3 Å². The van der Waals surface area contributed by atoms with Crippen LogP contribution in [0.5, 0.6) is 0 Å². The zero-order chi connectivity index (χ0) is 22.0. The molecule has 31 heavy (non-hydrogen) atoms. The summed E-state index contributed by atoms with van der Waals surface area (Å²) in [6.45, 7) is 0.875. The van der Waals surface area contributed by atoms with E-state index in [9.17, 15) is 18.8 Å². The number of pyridine rings is 1. The molecule has 0 radical (unpaired) electrons. The van der Waals surface area contributed by atoms with Gasteiger partial charge >= 0.3 is 0 Å². The van der Waals surface area contributed by atoms with Crippen molar-refractivity contribution < 1.29 is 14.0 Å². The molecular weight excluding hydrogens is 419 g/mol. The first-order valence-corrected chi connectivity index (χ1v) is 10.7. The van der Waals surface area contributed by atoms with Crippen molar-refractivity contribution in [2.24, 2.45) is 7.05 Å². The Morgan fingerprint density at radius 2 is 2.10 bits per heavy atom. The molecule has 0 saturated heterocycles. The fourth-order valence-corrected chi connectivity index (χ4v) is 4.29. The van der Waals surface area contributed by atoms with Gasteiger partial charge < -0.3 is 14.8 Å². The van der Waals surface area contributed by atoms with Crippen LogP contribution in [-0.4, -0.2) is 32.8 Å². The van der Waals surface area contributed by atoms with E-state index in [4.69, 9.17) is 0 Å². The van der Waals surface area contributed by atoms with Gasteiger partial charge in [-0.05, 0) is 29.2 Å². The number of rotatable bonds is 5. The summed E-state index contributed by atoms with van der Waals surface area (Å²) in [4.78, 5) is 44.0. The highest BCUT2D eigenvalue weighted by Crippen LogP contribution is 2.22. The van der Waals surface area contributed by atoms with Crippen LogP contribution in [0.25, 0.3) is 0 Å². The first kappa shape index (κ1) is 20.9. The normalized spacial score (nSPS) is 13.0. The molecule has 3 heterocycles. The molecule has 7 nitrogen and oxygen atoms in total. The summed E-state index contributed by atoms with van der Waals surface area (Å²) in [7, 11) is 1.58. The lowest BCUT2D eigenvalue weighted by Crippen LogP contribution is -2.41. The van der Waals surface area contributed by atoms with Gasteiger partial charge in [-0.2, -0.15) is 0 Å². The van der Waals surface area contributed by atoms with E-state index in [1.54, 1.807) is 42.5 Å². The molecule has 2 amide bonds. The Morgan fingerprint density at radius 3 is 2.84 bits per heavy atom. The average molecular weight is 441 g/mol. The number of aryl methyl sites for hydroxylation is 1. The predicted molar refractivity (Wildman–Crippen MR) is 114 cm³/mol. The lowest BCUT2D eigenvalue weighted by atomic mass is 9.95. The van der Waals surface area contributed by atoms with E-state index in [0.29, 0.717) is 24.1 Å². The number of thiazole rings is 1. The monoisotopic (exact) mass is 440 g/mol. The Hall–Kier alpha value is -3.33. The van der Waals surface area contributed by atoms with Gasteiger partial charge in [0.2, 0.25) is 5.91 Å². The molecule has 9 heteroatoms. The van der Waals surface area contributed by atoms with Crippen molar-refractivity contribution in [3.8, 4) is 0 Å². The molecule has 0 fully saturated rings. The van der Waals surface area contributed by atoms with Gasteiger partial charge in [0, 0.05) is 37.9 Å². The van der Waals surface area contributed by atoms with Crippen molar-refractivity contribution in [2.45, 2.75) is 25.9 Å². The molecule has 0 spiro atoms. The zero-order valence-electron chi connectivity index (χ0n) is 16.9. The standard InChI is InChI=1S/C22H21FN4O3S/c1-26-12-15-13-27(19(28)10-14-4-2-3-5-17(14)23)8-6-16(15)20(22(26)30)21(29)25-11-18-24-7-9-31-18/h2-5,7,9,12H,6,8,10-11,13H2,1H3,(H,25,29). The van der Waals surface area contributed by atoms with E-state index >= 15 is 0 Å². The van der Waals surface area contributed by atoms with Gasteiger partial charge in [0.05, 0.1) is 13.0 Å². The Balaban J connectivity index is 1.54. The van der Waals surface area contributed by atoms with Gasteiger partial charge in [-0.1, -0.05) is 18.2 Å². The van der Waals surface area contributed by atoms with E-state index in [1.165, 1.54) is 22.0 Å². The SMILES string of the molecule is Cn1cc2c(c(C(=O)NCc3nccs3)c1=O)CCN(C(=O)Cc1ccccc1F)C2. The van der Waals surface area contributed by atoms with Crippen LogP contribution in [0.2, 0.25) is 0 Å². The highest BCUT2D eigenvalue weighted by Gasteiger charge is 2.28. The maximum atomic E-state index is 13.9.